The molecule has 1 heterocycles. The van der Waals surface area contributed by atoms with Crippen molar-refractivity contribution in [1.29, 1.82) is 0 Å². The molecule has 78 valence electrons. The maximum absolute atomic E-state index is 11.4. The normalized spacial score (nSPS) is 20.4. The molecule has 0 spiro atoms. The predicted molar refractivity (Wildman–Crippen MR) is 55.6 cm³/mol. The first-order valence-corrected chi connectivity index (χ1v) is 4.92. The minimum absolute atomic E-state index is 0.0906. The smallest absolute Gasteiger partial charge is 0.167 e. The number of hydrogen-bond acceptors (Lipinski definition) is 3. The molecule has 0 saturated heterocycles. The van der Waals surface area contributed by atoms with E-state index >= 15 is 0 Å². The van der Waals surface area contributed by atoms with Gasteiger partial charge < -0.3 is 10.1 Å². The van der Waals surface area contributed by atoms with Crippen LogP contribution in [0, 0.1) is 11.8 Å². The molecule has 0 aromatic carbocycles. The number of ketones is 1. The zero-order valence-electron chi connectivity index (χ0n) is 8.69. The number of nitrogens with one attached hydrogen (secondary N) is 1. The third-order valence-electron chi connectivity index (χ3n) is 1.94. The van der Waals surface area contributed by atoms with E-state index in [-0.39, 0.29) is 11.7 Å². The van der Waals surface area contributed by atoms with Crippen molar-refractivity contribution in [3.8, 4) is 0 Å². The summed E-state index contributed by atoms with van der Waals surface area (Å²) in [5, 5.41) is 3.07. The molecular weight excluding hydrogens is 178 g/mol. The van der Waals surface area contributed by atoms with Crippen LogP contribution in [0.25, 0.3) is 0 Å². The molecule has 1 N–H and O–H groups in total. The Bertz CT molecular complexity index is 244. The second kappa shape index (κ2) is 5.47. The third-order valence-corrected chi connectivity index (χ3v) is 1.94. The van der Waals surface area contributed by atoms with E-state index in [4.69, 9.17) is 4.74 Å². The van der Waals surface area contributed by atoms with Crippen LogP contribution in [0.2, 0.25) is 0 Å². The highest BCUT2D eigenvalue weighted by molar-refractivity contribution is 5.93. The Morgan fingerprint density at radius 2 is 2.50 bits per heavy atom. The number of carbonyl (C=O) groups is 1. The highest BCUT2D eigenvalue weighted by atomic mass is 16.5. The summed E-state index contributed by atoms with van der Waals surface area (Å²) in [5.74, 6) is 0.589. The second-order valence-electron chi connectivity index (χ2n) is 3.81. The molecule has 3 heteroatoms. The van der Waals surface area contributed by atoms with Gasteiger partial charge >= 0.3 is 0 Å². The molecule has 14 heavy (non-hydrogen) atoms. The van der Waals surface area contributed by atoms with Gasteiger partial charge in [-0.15, -0.1) is 0 Å². The van der Waals surface area contributed by atoms with Gasteiger partial charge in [0.1, 0.15) is 6.61 Å². The molecule has 0 radical (unpaired) electrons. The number of rotatable bonds is 5. The third kappa shape index (κ3) is 3.64. The summed E-state index contributed by atoms with van der Waals surface area (Å²) < 4.78 is 4.97. The summed E-state index contributed by atoms with van der Waals surface area (Å²) in [6.45, 7) is 5.61. The van der Waals surface area contributed by atoms with Crippen LogP contribution in [0.15, 0.2) is 24.6 Å². The van der Waals surface area contributed by atoms with Crippen molar-refractivity contribution >= 4 is 5.78 Å². The summed E-state index contributed by atoms with van der Waals surface area (Å²) in [6, 6.07) is 0. The second-order valence-corrected chi connectivity index (χ2v) is 3.81. The molecule has 1 aliphatic rings. The molecule has 0 aromatic rings. The molecule has 1 unspecified atom stereocenters. The SMILES string of the molecule is CC(C)CN/C=C\C(=O)C1C=COC1. The first-order chi connectivity index (χ1) is 6.70. The topological polar surface area (TPSA) is 38.3 Å². The quantitative estimate of drug-likeness (QED) is 0.675. The summed E-state index contributed by atoms with van der Waals surface area (Å²) in [7, 11) is 0. The van der Waals surface area contributed by atoms with Crippen molar-refractivity contribution in [2.45, 2.75) is 13.8 Å². The van der Waals surface area contributed by atoms with E-state index in [2.05, 4.69) is 19.2 Å². The van der Waals surface area contributed by atoms with Crippen molar-refractivity contribution in [1.82, 2.24) is 5.32 Å². The van der Waals surface area contributed by atoms with Gasteiger partial charge in [-0.25, -0.2) is 0 Å². The van der Waals surface area contributed by atoms with Gasteiger partial charge in [-0.1, -0.05) is 13.8 Å². The Labute approximate surface area is 84.8 Å². The van der Waals surface area contributed by atoms with E-state index < -0.39 is 0 Å². The minimum atomic E-state index is -0.0906. The van der Waals surface area contributed by atoms with Crippen molar-refractivity contribution in [2.24, 2.45) is 11.8 Å². The zero-order valence-corrected chi connectivity index (χ0v) is 8.69. The van der Waals surface area contributed by atoms with Gasteiger partial charge in [0.15, 0.2) is 5.78 Å². The van der Waals surface area contributed by atoms with E-state index in [0.29, 0.717) is 12.5 Å². The lowest BCUT2D eigenvalue weighted by Crippen LogP contribution is -2.15. The Hall–Kier alpha value is -1.25. The minimum Gasteiger partial charge on any atom is -0.500 e. The Kier molecular flexibility index (Phi) is 4.23. The Morgan fingerprint density at radius 3 is 3.07 bits per heavy atom. The number of hydrogen-bond donors (Lipinski definition) is 1. The largest absolute Gasteiger partial charge is 0.500 e. The monoisotopic (exact) mass is 195 g/mol. The fourth-order valence-electron chi connectivity index (χ4n) is 1.11. The van der Waals surface area contributed by atoms with Gasteiger partial charge in [-0.3, -0.25) is 4.79 Å². The van der Waals surface area contributed by atoms with Crippen LogP contribution in [0.1, 0.15) is 13.8 Å². The summed E-state index contributed by atoms with van der Waals surface area (Å²) in [5.41, 5.74) is 0. The zero-order chi connectivity index (χ0) is 10.4. The maximum atomic E-state index is 11.4. The van der Waals surface area contributed by atoms with E-state index in [1.165, 1.54) is 0 Å². The van der Waals surface area contributed by atoms with E-state index in [9.17, 15) is 4.79 Å². The summed E-state index contributed by atoms with van der Waals surface area (Å²) >= 11 is 0. The Balaban J connectivity index is 2.22. The molecule has 1 atom stereocenters. The van der Waals surface area contributed by atoms with Crippen LogP contribution in [0.4, 0.5) is 0 Å². The fraction of sp³-hybridized carbons (Fsp3) is 0.545. The molecule has 0 aromatic heterocycles. The average Bonchev–Trinajstić information content (AvgIpc) is 2.64. The molecule has 1 aliphatic heterocycles. The highest BCUT2D eigenvalue weighted by Crippen LogP contribution is 2.09. The summed E-state index contributed by atoms with van der Waals surface area (Å²) in [6.07, 6.45) is 6.66. The molecule has 0 saturated carbocycles. The molecule has 1 rings (SSSR count). The highest BCUT2D eigenvalue weighted by Gasteiger charge is 2.16. The van der Waals surface area contributed by atoms with Crippen LogP contribution in [0.5, 0.6) is 0 Å². The molecule has 0 amide bonds. The molecular formula is C11H17NO2. The van der Waals surface area contributed by atoms with Gasteiger partial charge in [0, 0.05) is 6.54 Å². The Morgan fingerprint density at radius 1 is 1.71 bits per heavy atom. The van der Waals surface area contributed by atoms with E-state index in [0.717, 1.165) is 6.54 Å². The number of allylic oxidation sites excluding steroid dienone is 1. The van der Waals surface area contributed by atoms with Crippen LogP contribution >= 0.6 is 0 Å². The molecule has 3 nitrogen and oxygen atoms in total. The predicted octanol–water partition coefficient (Wildman–Crippen LogP) is 1.47. The lowest BCUT2D eigenvalue weighted by molar-refractivity contribution is -0.117. The lowest BCUT2D eigenvalue weighted by atomic mass is 10.1. The van der Waals surface area contributed by atoms with Gasteiger partial charge in [0.25, 0.3) is 0 Å². The van der Waals surface area contributed by atoms with Gasteiger partial charge in [-0.2, -0.15) is 0 Å². The molecule has 0 aliphatic carbocycles. The van der Waals surface area contributed by atoms with Gasteiger partial charge in [-0.05, 0) is 24.3 Å². The maximum Gasteiger partial charge on any atom is 0.167 e. The molecule has 0 bridgehead atoms. The van der Waals surface area contributed by atoms with Crippen LogP contribution in [0.3, 0.4) is 0 Å². The molecule has 0 fully saturated rings. The fourth-order valence-corrected chi connectivity index (χ4v) is 1.11. The average molecular weight is 195 g/mol. The van der Waals surface area contributed by atoms with E-state index in [1.807, 2.05) is 0 Å². The van der Waals surface area contributed by atoms with Crippen LogP contribution in [-0.2, 0) is 9.53 Å². The van der Waals surface area contributed by atoms with Crippen molar-refractivity contribution in [3.63, 3.8) is 0 Å². The van der Waals surface area contributed by atoms with Crippen LogP contribution < -0.4 is 5.32 Å². The number of carbonyl (C=O) groups excluding carboxylic acids is 1. The summed E-state index contributed by atoms with van der Waals surface area (Å²) in [4.78, 5) is 11.4. The van der Waals surface area contributed by atoms with Gasteiger partial charge in [0.05, 0.1) is 12.2 Å². The van der Waals surface area contributed by atoms with Crippen molar-refractivity contribution in [2.75, 3.05) is 13.2 Å². The van der Waals surface area contributed by atoms with Gasteiger partial charge in [0.2, 0.25) is 0 Å². The number of ether oxygens (including phenoxy) is 1. The first kappa shape index (κ1) is 10.8. The van der Waals surface area contributed by atoms with E-state index in [1.54, 1.807) is 24.6 Å². The first-order valence-electron chi connectivity index (χ1n) is 4.92. The van der Waals surface area contributed by atoms with Crippen LogP contribution in [-0.4, -0.2) is 18.9 Å². The standard InChI is InChI=1S/C11H17NO2/c1-9(2)7-12-5-3-11(13)10-4-6-14-8-10/h3-6,9-10,12H,7-8H2,1-2H3/b5-3-. The van der Waals surface area contributed by atoms with Crippen molar-refractivity contribution < 1.29 is 9.53 Å². The van der Waals surface area contributed by atoms with Crippen molar-refractivity contribution in [3.05, 3.63) is 24.6 Å². The lowest BCUT2D eigenvalue weighted by Gasteiger charge is -2.04.